The van der Waals surface area contributed by atoms with E-state index in [2.05, 4.69) is 23.8 Å². The lowest BCUT2D eigenvalue weighted by Gasteiger charge is -2.34. The van der Waals surface area contributed by atoms with Crippen LogP contribution in [0.4, 0.5) is 0 Å². The zero-order chi connectivity index (χ0) is 22.2. The van der Waals surface area contributed by atoms with E-state index in [0.29, 0.717) is 36.7 Å². The van der Waals surface area contributed by atoms with Crippen LogP contribution in [0.3, 0.4) is 0 Å². The lowest BCUT2D eigenvalue weighted by atomic mass is 10.0. The van der Waals surface area contributed by atoms with Gasteiger partial charge < -0.3 is 14.5 Å². The summed E-state index contributed by atoms with van der Waals surface area (Å²) >= 11 is 0. The first-order valence-corrected chi connectivity index (χ1v) is 11.0. The van der Waals surface area contributed by atoms with Gasteiger partial charge in [-0.2, -0.15) is 0 Å². The van der Waals surface area contributed by atoms with E-state index in [9.17, 15) is 9.59 Å². The second-order valence-corrected chi connectivity index (χ2v) is 8.35. The molecule has 31 heavy (non-hydrogen) atoms. The molecular formula is C24H32N4O3. The largest absolute Gasteiger partial charge is 0.491 e. The maximum absolute atomic E-state index is 13.3. The molecule has 3 rings (SSSR count). The van der Waals surface area contributed by atoms with Crippen molar-refractivity contribution in [1.82, 2.24) is 19.8 Å². The van der Waals surface area contributed by atoms with E-state index in [1.165, 1.54) is 12.4 Å². The summed E-state index contributed by atoms with van der Waals surface area (Å²) < 4.78 is 6.16. The number of amides is 2. The average molecular weight is 425 g/mol. The highest BCUT2D eigenvalue weighted by Gasteiger charge is 2.29. The topological polar surface area (TPSA) is 75.6 Å². The fourth-order valence-corrected chi connectivity index (χ4v) is 3.85. The van der Waals surface area contributed by atoms with Crippen molar-refractivity contribution in [3.05, 3.63) is 54.1 Å². The van der Waals surface area contributed by atoms with Gasteiger partial charge in [0.2, 0.25) is 0 Å². The van der Waals surface area contributed by atoms with Gasteiger partial charge in [0, 0.05) is 32.5 Å². The third-order valence-electron chi connectivity index (χ3n) is 5.73. The SMILES string of the molecule is CC(C)[C@H]1COc2ccccc2C(=O)N(C)CCCCCCN1C(=O)c1cnccn1. The Morgan fingerprint density at radius 2 is 1.84 bits per heavy atom. The first-order chi connectivity index (χ1) is 15.0. The molecule has 7 nitrogen and oxygen atoms in total. The monoisotopic (exact) mass is 424 g/mol. The molecule has 0 unspecified atom stereocenters. The minimum atomic E-state index is -0.154. The zero-order valence-electron chi connectivity index (χ0n) is 18.7. The van der Waals surface area contributed by atoms with Gasteiger partial charge in [-0.05, 0) is 30.9 Å². The molecule has 0 N–H and O–H groups in total. The summed E-state index contributed by atoms with van der Waals surface area (Å²) in [5, 5.41) is 0. The van der Waals surface area contributed by atoms with Crippen molar-refractivity contribution in [2.24, 2.45) is 5.92 Å². The van der Waals surface area contributed by atoms with Crippen molar-refractivity contribution in [3.8, 4) is 5.75 Å². The Balaban J connectivity index is 1.91. The van der Waals surface area contributed by atoms with Crippen molar-refractivity contribution in [3.63, 3.8) is 0 Å². The Kier molecular flexibility index (Phi) is 7.98. The Hall–Kier alpha value is -2.96. The summed E-state index contributed by atoms with van der Waals surface area (Å²) in [7, 11) is 1.84. The molecule has 1 aliphatic heterocycles. The molecule has 7 heteroatoms. The summed E-state index contributed by atoms with van der Waals surface area (Å²) in [6.07, 6.45) is 8.43. The van der Waals surface area contributed by atoms with Crippen molar-refractivity contribution < 1.29 is 14.3 Å². The maximum Gasteiger partial charge on any atom is 0.274 e. The number of carbonyl (C=O) groups is 2. The molecule has 0 spiro atoms. The van der Waals surface area contributed by atoms with Crippen LogP contribution in [0.2, 0.25) is 0 Å². The maximum atomic E-state index is 13.3. The minimum absolute atomic E-state index is 0.0405. The normalized spacial score (nSPS) is 18.8. The quantitative estimate of drug-likeness (QED) is 0.735. The van der Waals surface area contributed by atoms with Crippen molar-refractivity contribution >= 4 is 11.8 Å². The Labute approximate surface area is 184 Å². The molecular weight excluding hydrogens is 392 g/mol. The number of ether oxygens (including phenoxy) is 1. The molecule has 1 aromatic heterocycles. The number of aromatic nitrogens is 2. The van der Waals surface area contributed by atoms with Crippen LogP contribution in [0.1, 0.15) is 60.4 Å². The van der Waals surface area contributed by atoms with E-state index in [1.807, 2.05) is 30.1 Å². The summed E-state index contributed by atoms with van der Waals surface area (Å²) in [5.74, 6) is 0.542. The highest BCUT2D eigenvalue weighted by Crippen LogP contribution is 2.23. The molecule has 1 aliphatic rings. The van der Waals surface area contributed by atoms with Gasteiger partial charge >= 0.3 is 0 Å². The molecule has 0 saturated carbocycles. The van der Waals surface area contributed by atoms with Gasteiger partial charge in [0.05, 0.1) is 17.8 Å². The highest BCUT2D eigenvalue weighted by molar-refractivity contribution is 5.96. The van der Waals surface area contributed by atoms with Crippen LogP contribution >= 0.6 is 0 Å². The van der Waals surface area contributed by atoms with E-state index >= 15 is 0 Å². The van der Waals surface area contributed by atoms with Crippen LogP contribution in [0.25, 0.3) is 0 Å². The third-order valence-corrected chi connectivity index (χ3v) is 5.73. The van der Waals surface area contributed by atoms with Gasteiger partial charge in [0.25, 0.3) is 11.8 Å². The lowest BCUT2D eigenvalue weighted by Crippen LogP contribution is -2.47. The number of hydrogen-bond acceptors (Lipinski definition) is 5. The number of nitrogens with zero attached hydrogens (tertiary/aromatic N) is 4. The lowest BCUT2D eigenvalue weighted by molar-refractivity contribution is 0.0517. The fourth-order valence-electron chi connectivity index (χ4n) is 3.85. The number of hydrogen-bond donors (Lipinski definition) is 0. The van der Waals surface area contributed by atoms with Gasteiger partial charge in [-0.15, -0.1) is 0 Å². The molecule has 2 amide bonds. The molecule has 0 radical (unpaired) electrons. The van der Waals surface area contributed by atoms with Crippen molar-refractivity contribution in [2.45, 2.75) is 45.6 Å². The van der Waals surface area contributed by atoms with Crippen LogP contribution in [-0.4, -0.2) is 64.4 Å². The van der Waals surface area contributed by atoms with Gasteiger partial charge in [-0.25, -0.2) is 4.98 Å². The van der Waals surface area contributed by atoms with Gasteiger partial charge in [-0.1, -0.05) is 38.8 Å². The summed E-state index contributed by atoms with van der Waals surface area (Å²) in [6, 6.07) is 7.17. The van der Waals surface area contributed by atoms with Crippen LogP contribution in [-0.2, 0) is 0 Å². The molecule has 1 atom stereocenters. The highest BCUT2D eigenvalue weighted by atomic mass is 16.5. The number of fused-ring (bicyclic) bond motifs is 1. The Morgan fingerprint density at radius 3 is 2.55 bits per heavy atom. The predicted molar refractivity (Wildman–Crippen MR) is 119 cm³/mol. The standard InChI is InChI=1S/C24H32N4O3/c1-18(2)21-17-31-22-11-7-6-10-19(22)23(29)27(3)14-8-4-5-9-15-28(21)24(30)20-16-25-12-13-26-20/h6-7,10-13,16,18,21H,4-5,8-9,14-15,17H2,1-3H3/t21-/m1/s1. The second kappa shape index (κ2) is 10.9. The molecule has 0 saturated heterocycles. The van der Waals surface area contributed by atoms with E-state index in [4.69, 9.17) is 4.74 Å². The number of carbonyl (C=O) groups excluding carboxylic acids is 2. The molecule has 0 fully saturated rings. The first kappa shape index (κ1) is 22.7. The molecule has 2 heterocycles. The van der Waals surface area contributed by atoms with E-state index in [0.717, 1.165) is 25.7 Å². The van der Waals surface area contributed by atoms with Crippen LogP contribution in [0, 0.1) is 5.92 Å². The smallest absolute Gasteiger partial charge is 0.274 e. The predicted octanol–water partition coefficient (Wildman–Crippen LogP) is 3.67. The van der Waals surface area contributed by atoms with Crippen molar-refractivity contribution in [1.29, 1.82) is 0 Å². The van der Waals surface area contributed by atoms with E-state index in [-0.39, 0.29) is 23.8 Å². The molecule has 2 aromatic rings. The summed E-state index contributed by atoms with van der Waals surface area (Å²) in [6.45, 7) is 5.80. The zero-order valence-corrected chi connectivity index (χ0v) is 18.7. The fraction of sp³-hybridized carbons (Fsp3) is 0.500. The number of benzene rings is 1. The Morgan fingerprint density at radius 1 is 1.10 bits per heavy atom. The molecule has 166 valence electrons. The van der Waals surface area contributed by atoms with Gasteiger partial charge in [0.15, 0.2) is 0 Å². The Bertz CT molecular complexity index is 872. The van der Waals surface area contributed by atoms with Crippen LogP contribution < -0.4 is 4.74 Å². The molecule has 1 aromatic carbocycles. The minimum Gasteiger partial charge on any atom is -0.491 e. The van der Waals surface area contributed by atoms with E-state index < -0.39 is 0 Å². The summed E-state index contributed by atoms with van der Waals surface area (Å²) in [5.41, 5.74) is 0.892. The molecule has 0 aliphatic carbocycles. The molecule has 0 bridgehead atoms. The van der Waals surface area contributed by atoms with E-state index in [1.54, 1.807) is 17.2 Å². The average Bonchev–Trinajstić information content (AvgIpc) is 2.79. The second-order valence-electron chi connectivity index (χ2n) is 8.35. The number of rotatable bonds is 2. The number of para-hydroxylation sites is 1. The first-order valence-electron chi connectivity index (χ1n) is 11.0. The van der Waals surface area contributed by atoms with Crippen molar-refractivity contribution in [2.75, 3.05) is 26.7 Å². The third kappa shape index (κ3) is 5.81. The van der Waals surface area contributed by atoms with Gasteiger partial charge in [-0.3, -0.25) is 14.6 Å². The van der Waals surface area contributed by atoms with Crippen LogP contribution in [0.5, 0.6) is 5.75 Å². The summed E-state index contributed by atoms with van der Waals surface area (Å²) in [4.78, 5) is 38.2. The van der Waals surface area contributed by atoms with Crippen LogP contribution in [0.15, 0.2) is 42.9 Å². The van der Waals surface area contributed by atoms with Gasteiger partial charge in [0.1, 0.15) is 18.1 Å².